The van der Waals surface area contributed by atoms with Crippen LogP contribution in [0.15, 0.2) is 22.7 Å². The summed E-state index contributed by atoms with van der Waals surface area (Å²) in [6, 6.07) is 5.72. The van der Waals surface area contributed by atoms with Crippen molar-refractivity contribution in [2.24, 2.45) is 23.7 Å². The van der Waals surface area contributed by atoms with Crippen molar-refractivity contribution in [3.05, 3.63) is 28.2 Å². The molecule has 0 unspecified atom stereocenters. The molecule has 2 aliphatic carbocycles. The first-order valence-electron chi connectivity index (χ1n) is 9.55. The van der Waals surface area contributed by atoms with Crippen LogP contribution in [-0.2, 0) is 20.8 Å². The van der Waals surface area contributed by atoms with Gasteiger partial charge in [-0.2, -0.15) is 0 Å². The number of aryl methyl sites for hydroxylation is 1. The molecular weight excluding hydrogens is 556 g/mol. The number of fused-ring (bicyclic) bond motifs is 5. The minimum atomic E-state index is -0.225. The number of nitrogens with zero attached hydrogens (tertiary/aromatic N) is 1. The van der Waals surface area contributed by atoms with E-state index in [9.17, 15) is 14.4 Å². The number of alkyl halides is 2. The Balaban J connectivity index is 1.40. The summed E-state index contributed by atoms with van der Waals surface area (Å²) < 4.78 is 0.965. The molecule has 1 saturated heterocycles. The summed E-state index contributed by atoms with van der Waals surface area (Å²) in [5, 5.41) is 2.91. The highest BCUT2D eigenvalue weighted by atomic mass is 79.9. The maximum atomic E-state index is 12.9. The molecule has 3 aliphatic rings. The standard InChI is InChI=1S/C20H21Br3N2O3/c1-2-9-7-10(21)3-4-13(9)24-14(26)5-6-25-19(27)15-11-8-12(16(15)20(25)28)18(23)17(11)22/h3-4,7,11-12,15-18H,2,5-6,8H2,1H3,(H,24,26)/t11-,12-,15+,16+,17-,18-/m1/s1. The van der Waals surface area contributed by atoms with Crippen LogP contribution in [0.1, 0.15) is 25.3 Å². The Morgan fingerprint density at radius 3 is 2.32 bits per heavy atom. The van der Waals surface area contributed by atoms with E-state index < -0.39 is 0 Å². The fourth-order valence-electron chi connectivity index (χ4n) is 5.03. The smallest absolute Gasteiger partial charge is 0.233 e. The van der Waals surface area contributed by atoms with Gasteiger partial charge in [0.1, 0.15) is 0 Å². The summed E-state index contributed by atoms with van der Waals surface area (Å²) in [7, 11) is 0. The number of anilines is 1. The molecule has 2 saturated carbocycles. The van der Waals surface area contributed by atoms with Crippen LogP contribution in [0.25, 0.3) is 0 Å². The Hall–Kier alpha value is -0.730. The maximum Gasteiger partial charge on any atom is 0.233 e. The molecule has 0 aromatic heterocycles. The highest BCUT2D eigenvalue weighted by Gasteiger charge is 2.66. The number of hydrogen-bond donors (Lipinski definition) is 1. The van der Waals surface area contributed by atoms with Crippen LogP contribution < -0.4 is 5.32 Å². The van der Waals surface area contributed by atoms with Crippen LogP contribution in [0.4, 0.5) is 5.69 Å². The third-order valence-corrected chi connectivity index (χ3v) is 10.1. The van der Waals surface area contributed by atoms with Gasteiger partial charge >= 0.3 is 0 Å². The lowest BCUT2D eigenvalue weighted by Gasteiger charge is -2.28. The Morgan fingerprint density at radius 1 is 1.14 bits per heavy atom. The average Bonchev–Trinajstić information content (AvgIpc) is 3.27. The zero-order valence-electron chi connectivity index (χ0n) is 15.3. The molecule has 1 aromatic rings. The molecule has 2 bridgehead atoms. The summed E-state index contributed by atoms with van der Waals surface area (Å²) in [6.07, 6.45) is 1.82. The molecule has 6 atom stereocenters. The van der Waals surface area contributed by atoms with Crippen molar-refractivity contribution in [2.75, 3.05) is 11.9 Å². The molecule has 1 aromatic carbocycles. The molecule has 1 heterocycles. The van der Waals surface area contributed by atoms with E-state index in [1.807, 2.05) is 25.1 Å². The maximum absolute atomic E-state index is 12.9. The Bertz CT molecular complexity index is 814. The highest BCUT2D eigenvalue weighted by molar-refractivity contribution is 9.12. The van der Waals surface area contributed by atoms with Crippen molar-refractivity contribution in [3.63, 3.8) is 0 Å². The summed E-state index contributed by atoms with van der Waals surface area (Å²) in [5.41, 5.74) is 1.81. The first-order chi connectivity index (χ1) is 13.3. The van der Waals surface area contributed by atoms with Gasteiger partial charge in [0.05, 0.1) is 11.8 Å². The van der Waals surface area contributed by atoms with Crippen molar-refractivity contribution < 1.29 is 14.4 Å². The van der Waals surface area contributed by atoms with E-state index in [1.165, 1.54) is 4.90 Å². The van der Waals surface area contributed by atoms with Crippen LogP contribution in [-0.4, -0.2) is 38.8 Å². The molecule has 150 valence electrons. The number of rotatable bonds is 5. The molecule has 1 N–H and O–H groups in total. The number of hydrogen-bond acceptors (Lipinski definition) is 3. The Morgan fingerprint density at radius 2 is 1.75 bits per heavy atom. The minimum absolute atomic E-state index is 0.1000. The molecule has 8 heteroatoms. The molecule has 0 radical (unpaired) electrons. The predicted octanol–water partition coefficient (Wildman–Crippen LogP) is 4.12. The second-order valence-corrected chi connectivity index (χ2v) is 10.8. The van der Waals surface area contributed by atoms with Crippen molar-refractivity contribution in [3.8, 4) is 0 Å². The fraction of sp³-hybridized carbons (Fsp3) is 0.550. The van der Waals surface area contributed by atoms with Crippen molar-refractivity contribution >= 4 is 71.2 Å². The van der Waals surface area contributed by atoms with Gasteiger partial charge in [-0.1, -0.05) is 54.7 Å². The molecule has 4 rings (SSSR count). The predicted molar refractivity (Wildman–Crippen MR) is 117 cm³/mol. The number of carbonyl (C=O) groups excluding carboxylic acids is 3. The van der Waals surface area contributed by atoms with E-state index in [0.717, 1.165) is 28.6 Å². The van der Waals surface area contributed by atoms with Crippen molar-refractivity contribution in [2.45, 2.75) is 35.8 Å². The van der Waals surface area contributed by atoms with Crippen LogP contribution in [0.2, 0.25) is 0 Å². The molecule has 28 heavy (non-hydrogen) atoms. The number of benzene rings is 1. The number of nitrogens with one attached hydrogen (secondary N) is 1. The lowest BCUT2D eigenvalue weighted by atomic mass is 9.81. The van der Waals surface area contributed by atoms with E-state index in [1.54, 1.807) is 0 Å². The van der Waals surface area contributed by atoms with Crippen LogP contribution in [0, 0.1) is 23.7 Å². The van der Waals surface area contributed by atoms with Gasteiger partial charge in [-0.05, 0) is 48.4 Å². The van der Waals surface area contributed by atoms with Gasteiger partial charge in [-0.15, -0.1) is 0 Å². The number of halogens is 3. The van der Waals surface area contributed by atoms with Gasteiger partial charge in [0.2, 0.25) is 17.7 Å². The third-order valence-electron chi connectivity index (χ3n) is 6.36. The lowest BCUT2D eigenvalue weighted by molar-refractivity contribution is -0.140. The van der Waals surface area contributed by atoms with Crippen molar-refractivity contribution in [1.29, 1.82) is 0 Å². The molecule has 0 spiro atoms. The quantitative estimate of drug-likeness (QED) is 0.424. The molecule has 5 nitrogen and oxygen atoms in total. The van der Waals surface area contributed by atoms with Gasteiger partial charge in [-0.25, -0.2) is 0 Å². The SMILES string of the molecule is CCc1cc(Br)ccc1NC(=O)CCN1C(=O)[C@H]2[C@H]3C[C@@H]([C@@H](Br)[C@@H]3Br)[C@@H]2C1=O. The van der Waals surface area contributed by atoms with Gasteiger partial charge in [0, 0.05) is 32.8 Å². The number of carbonyl (C=O) groups is 3. The second kappa shape index (κ2) is 7.84. The first kappa shape index (κ1) is 20.5. The summed E-state index contributed by atoms with van der Waals surface area (Å²) in [6.45, 7) is 2.17. The van der Waals surface area contributed by atoms with Crippen molar-refractivity contribution in [1.82, 2.24) is 4.90 Å². The Labute approximate surface area is 189 Å². The number of imide groups is 1. The van der Waals surface area contributed by atoms with E-state index in [0.29, 0.717) is 0 Å². The van der Waals surface area contributed by atoms with Gasteiger partial charge in [0.15, 0.2) is 0 Å². The topological polar surface area (TPSA) is 66.5 Å². The van der Waals surface area contributed by atoms with Crippen LogP contribution >= 0.6 is 47.8 Å². The molecular formula is C20H21Br3N2O3. The van der Waals surface area contributed by atoms with E-state index in [-0.39, 0.29) is 64.0 Å². The second-order valence-electron chi connectivity index (χ2n) is 7.79. The van der Waals surface area contributed by atoms with Gasteiger partial charge in [-0.3, -0.25) is 19.3 Å². The lowest BCUT2D eigenvalue weighted by Crippen LogP contribution is -2.37. The summed E-state index contributed by atoms with van der Waals surface area (Å²) >= 11 is 10.8. The molecule has 3 fully saturated rings. The zero-order chi connectivity index (χ0) is 20.2. The van der Waals surface area contributed by atoms with E-state index in [2.05, 4.69) is 53.1 Å². The van der Waals surface area contributed by atoms with Crippen LogP contribution in [0.3, 0.4) is 0 Å². The average molecular weight is 577 g/mol. The number of amides is 3. The largest absolute Gasteiger partial charge is 0.326 e. The monoisotopic (exact) mass is 574 g/mol. The zero-order valence-corrected chi connectivity index (χ0v) is 20.1. The molecule has 1 aliphatic heterocycles. The third kappa shape index (κ3) is 3.29. The van der Waals surface area contributed by atoms with E-state index >= 15 is 0 Å². The van der Waals surface area contributed by atoms with Crippen LogP contribution in [0.5, 0.6) is 0 Å². The number of likely N-dealkylation sites (tertiary alicyclic amines) is 1. The molecule has 3 amide bonds. The normalized spacial score (nSPS) is 33.5. The summed E-state index contributed by atoms with van der Waals surface area (Å²) in [4.78, 5) is 40.0. The fourth-order valence-corrected chi connectivity index (χ4v) is 7.32. The van der Waals surface area contributed by atoms with Gasteiger partial charge < -0.3 is 5.32 Å². The minimum Gasteiger partial charge on any atom is -0.326 e. The summed E-state index contributed by atoms with van der Waals surface area (Å²) in [5.74, 6) is -0.439. The first-order valence-corrected chi connectivity index (χ1v) is 12.2. The Kier molecular flexibility index (Phi) is 5.75. The highest BCUT2D eigenvalue weighted by Crippen LogP contribution is 2.60. The van der Waals surface area contributed by atoms with E-state index in [4.69, 9.17) is 0 Å². The van der Waals surface area contributed by atoms with Gasteiger partial charge in [0.25, 0.3) is 0 Å².